The Hall–Kier alpha value is -2.90. The monoisotopic (exact) mass is 398 g/mol. The Balaban J connectivity index is 1.69. The second kappa shape index (κ2) is 6.68. The van der Waals surface area contributed by atoms with E-state index in [9.17, 15) is 8.42 Å². The molecule has 0 atom stereocenters. The van der Waals surface area contributed by atoms with Crippen molar-refractivity contribution in [3.8, 4) is 11.3 Å². The summed E-state index contributed by atoms with van der Waals surface area (Å²) >= 11 is 6.06. The van der Waals surface area contributed by atoms with Gasteiger partial charge in [-0.2, -0.15) is 0 Å². The molecular weight excluding hydrogens is 384 g/mol. The van der Waals surface area contributed by atoms with Crippen molar-refractivity contribution in [3.05, 3.63) is 77.7 Å². The van der Waals surface area contributed by atoms with E-state index in [0.717, 1.165) is 5.56 Å². The van der Waals surface area contributed by atoms with Gasteiger partial charge in [0.15, 0.2) is 0 Å². The van der Waals surface area contributed by atoms with E-state index in [1.54, 1.807) is 43.5 Å². The zero-order valence-electron chi connectivity index (χ0n) is 14.3. The highest BCUT2D eigenvalue weighted by atomic mass is 35.5. The van der Waals surface area contributed by atoms with Gasteiger partial charge in [0.05, 0.1) is 10.6 Å². The van der Waals surface area contributed by atoms with Crippen LogP contribution in [0.15, 0.2) is 72.0 Å². The van der Waals surface area contributed by atoms with Crippen molar-refractivity contribution in [3.63, 3.8) is 0 Å². The largest absolute Gasteiger partial charge is 0.291 e. The molecule has 0 aliphatic carbocycles. The van der Waals surface area contributed by atoms with Crippen LogP contribution in [0.2, 0.25) is 5.02 Å². The van der Waals surface area contributed by atoms with Gasteiger partial charge in [0.25, 0.3) is 10.0 Å². The number of anilines is 1. The van der Waals surface area contributed by atoms with Crippen LogP contribution in [0.1, 0.15) is 5.56 Å². The number of sulfonamides is 1. The summed E-state index contributed by atoms with van der Waals surface area (Å²) < 4.78 is 29.9. The van der Waals surface area contributed by atoms with Crippen molar-refractivity contribution < 1.29 is 8.42 Å². The third kappa shape index (κ3) is 3.39. The van der Waals surface area contributed by atoms with Crippen LogP contribution in [0.25, 0.3) is 17.0 Å². The summed E-state index contributed by atoms with van der Waals surface area (Å²) in [5.74, 6) is 0.577. The molecule has 0 spiro atoms. The molecule has 0 saturated heterocycles. The number of benzene rings is 2. The lowest BCUT2D eigenvalue weighted by molar-refractivity contribution is 0.600. The number of nitrogens with zero attached hydrogens (tertiary/aromatic N) is 3. The first kappa shape index (κ1) is 17.5. The third-order valence-electron chi connectivity index (χ3n) is 4.15. The summed E-state index contributed by atoms with van der Waals surface area (Å²) in [6.07, 6.45) is 5.37. The quantitative estimate of drug-likeness (QED) is 0.560. The molecule has 1 N–H and O–H groups in total. The van der Waals surface area contributed by atoms with Gasteiger partial charge in [0, 0.05) is 34.9 Å². The topological polar surface area (TPSA) is 76.4 Å². The first-order valence-corrected chi connectivity index (χ1v) is 9.98. The first-order chi connectivity index (χ1) is 12.9. The molecule has 2 heterocycles. The molecule has 136 valence electrons. The van der Waals surface area contributed by atoms with Crippen molar-refractivity contribution in [1.29, 1.82) is 0 Å². The molecule has 0 fully saturated rings. The summed E-state index contributed by atoms with van der Waals surface area (Å²) in [6.45, 7) is 1.68. The Morgan fingerprint density at radius 1 is 1.11 bits per heavy atom. The van der Waals surface area contributed by atoms with E-state index in [1.165, 1.54) is 6.07 Å². The van der Waals surface area contributed by atoms with E-state index < -0.39 is 10.0 Å². The molecule has 4 rings (SSSR count). The standard InChI is InChI=1S/C19H15ClN4O2S/c1-13-16(20)7-3-8-18(13)27(25,26)23-15-6-2-5-14(11-15)17-12-24-10-4-9-21-19(24)22-17/h2-12,23H,1H3. The van der Waals surface area contributed by atoms with Crippen LogP contribution in [0, 0.1) is 6.92 Å². The maximum Gasteiger partial charge on any atom is 0.262 e. The Bertz CT molecular complexity index is 1220. The van der Waals surface area contributed by atoms with Gasteiger partial charge in [-0.15, -0.1) is 0 Å². The molecule has 0 amide bonds. The second-order valence-electron chi connectivity index (χ2n) is 6.00. The number of hydrogen-bond donors (Lipinski definition) is 1. The van der Waals surface area contributed by atoms with Gasteiger partial charge < -0.3 is 0 Å². The molecule has 27 heavy (non-hydrogen) atoms. The summed E-state index contributed by atoms with van der Waals surface area (Å²) in [4.78, 5) is 8.81. The number of rotatable bonds is 4. The van der Waals surface area contributed by atoms with Crippen LogP contribution in [0.5, 0.6) is 0 Å². The molecule has 0 unspecified atom stereocenters. The highest BCUT2D eigenvalue weighted by Crippen LogP contribution is 2.27. The van der Waals surface area contributed by atoms with Crippen LogP contribution in [0.3, 0.4) is 0 Å². The fourth-order valence-corrected chi connectivity index (χ4v) is 4.35. The number of halogens is 1. The Morgan fingerprint density at radius 3 is 2.74 bits per heavy atom. The van der Waals surface area contributed by atoms with Crippen LogP contribution < -0.4 is 4.72 Å². The highest BCUT2D eigenvalue weighted by molar-refractivity contribution is 7.92. The van der Waals surface area contributed by atoms with Crippen molar-refractivity contribution in [1.82, 2.24) is 14.4 Å². The predicted octanol–water partition coefficient (Wildman–Crippen LogP) is 4.16. The first-order valence-electron chi connectivity index (χ1n) is 8.12. The zero-order valence-corrected chi connectivity index (χ0v) is 15.9. The van der Waals surface area contributed by atoms with Gasteiger partial charge >= 0.3 is 0 Å². The lowest BCUT2D eigenvalue weighted by Crippen LogP contribution is -2.14. The van der Waals surface area contributed by atoms with Crippen LogP contribution in [-0.4, -0.2) is 22.8 Å². The molecule has 0 aliphatic rings. The SMILES string of the molecule is Cc1c(Cl)cccc1S(=O)(=O)Nc1cccc(-c2cn3cccnc3n2)c1. The molecule has 0 radical (unpaired) electrons. The molecule has 0 aliphatic heterocycles. The lowest BCUT2D eigenvalue weighted by atomic mass is 10.1. The normalized spacial score (nSPS) is 11.6. The number of nitrogens with one attached hydrogen (secondary N) is 1. The van der Waals surface area contributed by atoms with Gasteiger partial charge in [-0.1, -0.05) is 29.8 Å². The van der Waals surface area contributed by atoms with Crippen LogP contribution >= 0.6 is 11.6 Å². The Kier molecular flexibility index (Phi) is 4.33. The summed E-state index contributed by atoms with van der Waals surface area (Å²) in [5.41, 5.74) is 2.43. The molecular formula is C19H15ClN4O2S. The van der Waals surface area contributed by atoms with Crippen molar-refractivity contribution in [2.75, 3.05) is 4.72 Å². The smallest absolute Gasteiger partial charge is 0.262 e. The molecule has 0 bridgehead atoms. The summed E-state index contributed by atoms with van der Waals surface area (Å²) in [7, 11) is -3.76. The third-order valence-corrected chi connectivity index (χ3v) is 6.09. The van der Waals surface area contributed by atoms with Gasteiger partial charge in [0.1, 0.15) is 0 Å². The minimum atomic E-state index is -3.76. The maximum atomic E-state index is 12.8. The molecule has 4 aromatic rings. The molecule has 2 aromatic carbocycles. The Labute approximate surface area is 161 Å². The van der Waals surface area contributed by atoms with Gasteiger partial charge in [-0.3, -0.25) is 9.12 Å². The van der Waals surface area contributed by atoms with E-state index in [1.807, 2.05) is 28.9 Å². The minimum Gasteiger partial charge on any atom is -0.291 e. The molecule has 0 saturated carbocycles. The van der Waals surface area contributed by atoms with Crippen molar-refractivity contribution in [2.45, 2.75) is 11.8 Å². The average molecular weight is 399 g/mol. The van der Waals surface area contributed by atoms with Gasteiger partial charge in [0.2, 0.25) is 5.78 Å². The number of aromatic nitrogens is 3. The molecule has 8 heteroatoms. The minimum absolute atomic E-state index is 0.150. The van der Waals surface area contributed by atoms with E-state index in [-0.39, 0.29) is 4.90 Å². The molecule has 6 nitrogen and oxygen atoms in total. The van der Waals surface area contributed by atoms with Gasteiger partial charge in [-0.25, -0.2) is 18.4 Å². The number of fused-ring (bicyclic) bond motifs is 1. The second-order valence-corrected chi connectivity index (χ2v) is 8.06. The van der Waals surface area contributed by atoms with Crippen molar-refractivity contribution in [2.24, 2.45) is 0 Å². The van der Waals surface area contributed by atoms with Crippen molar-refractivity contribution >= 4 is 33.1 Å². The van der Waals surface area contributed by atoms with Gasteiger partial charge in [-0.05, 0) is 42.8 Å². The summed E-state index contributed by atoms with van der Waals surface area (Å²) in [6, 6.07) is 13.7. The van der Waals surface area contributed by atoms with E-state index >= 15 is 0 Å². The van der Waals surface area contributed by atoms with E-state index in [2.05, 4.69) is 14.7 Å². The summed E-state index contributed by atoms with van der Waals surface area (Å²) in [5, 5.41) is 0.406. The fraction of sp³-hybridized carbons (Fsp3) is 0.0526. The average Bonchev–Trinajstić information content (AvgIpc) is 3.08. The Morgan fingerprint density at radius 2 is 1.93 bits per heavy atom. The lowest BCUT2D eigenvalue weighted by Gasteiger charge is -2.11. The maximum absolute atomic E-state index is 12.8. The highest BCUT2D eigenvalue weighted by Gasteiger charge is 2.18. The van der Waals surface area contributed by atoms with Crippen LogP contribution in [0.4, 0.5) is 5.69 Å². The number of hydrogen-bond acceptors (Lipinski definition) is 4. The number of imidazole rings is 1. The van der Waals surface area contributed by atoms with E-state index in [4.69, 9.17) is 11.6 Å². The van der Waals surface area contributed by atoms with E-state index in [0.29, 0.717) is 27.7 Å². The molecule has 2 aromatic heterocycles. The fourth-order valence-electron chi connectivity index (χ4n) is 2.80. The predicted molar refractivity (Wildman–Crippen MR) is 105 cm³/mol. The van der Waals surface area contributed by atoms with Crippen LogP contribution in [-0.2, 0) is 10.0 Å². The zero-order chi connectivity index (χ0) is 19.0.